The first kappa shape index (κ1) is 21.1. The van der Waals surface area contributed by atoms with Crippen LogP contribution in [0.4, 0.5) is 16.3 Å². The Hall–Kier alpha value is -3.65. The van der Waals surface area contributed by atoms with E-state index in [2.05, 4.69) is 20.9 Å². The normalized spacial score (nSPS) is 10.4. The lowest BCUT2D eigenvalue weighted by molar-refractivity contribution is -0.116. The zero-order valence-corrected chi connectivity index (χ0v) is 16.7. The minimum Gasteiger partial charge on any atom is -0.467 e. The molecule has 3 aromatic rings. The molecule has 8 nitrogen and oxygen atoms in total. The molecule has 0 spiro atoms. The van der Waals surface area contributed by atoms with Crippen molar-refractivity contribution in [3.8, 4) is 0 Å². The molecule has 0 radical (unpaired) electrons. The number of aryl methyl sites for hydroxylation is 1. The molecule has 0 saturated carbocycles. The number of urea groups is 1. The summed E-state index contributed by atoms with van der Waals surface area (Å²) in [6, 6.07) is 14.2. The number of anilines is 2. The van der Waals surface area contributed by atoms with Crippen LogP contribution in [-0.4, -0.2) is 23.5 Å². The van der Waals surface area contributed by atoms with Crippen LogP contribution in [0, 0.1) is 6.92 Å². The van der Waals surface area contributed by atoms with E-state index in [0.717, 1.165) is 16.9 Å². The van der Waals surface area contributed by atoms with Gasteiger partial charge in [0.25, 0.3) is 0 Å². The van der Waals surface area contributed by atoms with Gasteiger partial charge in [0, 0.05) is 24.8 Å². The van der Waals surface area contributed by atoms with E-state index in [-0.39, 0.29) is 24.9 Å². The Kier molecular flexibility index (Phi) is 7.57. The summed E-state index contributed by atoms with van der Waals surface area (Å²) in [7, 11) is 0. The number of furan rings is 1. The second-order valence-electron chi connectivity index (χ2n) is 6.67. The first-order valence-corrected chi connectivity index (χ1v) is 9.55. The number of nitrogens with zero attached hydrogens (tertiary/aromatic N) is 1. The lowest BCUT2D eigenvalue weighted by Gasteiger charge is -2.09. The third-order valence-electron chi connectivity index (χ3n) is 4.09. The van der Waals surface area contributed by atoms with Gasteiger partial charge in [-0.3, -0.25) is 4.79 Å². The lowest BCUT2D eigenvalue weighted by Crippen LogP contribution is -2.31. The average Bonchev–Trinajstić information content (AvgIpc) is 3.23. The Morgan fingerprint density at radius 2 is 1.97 bits per heavy atom. The van der Waals surface area contributed by atoms with Crippen molar-refractivity contribution in [2.45, 2.75) is 26.6 Å². The van der Waals surface area contributed by atoms with Gasteiger partial charge in [-0.15, -0.1) is 0 Å². The van der Waals surface area contributed by atoms with Crippen molar-refractivity contribution in [1.29, 1.82) is 0 Å². The maximum absolute atomic E-state index is 12.1. The minimum atomic E-state index is -0.384. The van der Waals surface area contributed by atoms with E-state index in [4.69, 9.17) is 9.15 Å². The van der Waals surface area contributed by atoms with E-state index in [0.29, 0.717) is 24.7 Å². The second-order valence-corrected chi connectivity index (χ2v) is 6.67. The fourth-order valence-corrected chi connectivity index (χ4v) is 2.61. The van der Waals surface area contributed by atoms with Crippen molar-refractivity contribution in [1.82, 2.24) is 10.3 Å². The van der Waals surface area contributed by atoms with E-state index in [1.165, 1.54) is 0 Å². The molecule has 8 heteroatoms. The van der Waals surface area contributed by atoms with Gasteiger partial charge in [-0.25, -0.2) is 9.78 Å². The Bertz CT molecular complexity index is 956. The highest BCUT2D eigenvalue weighted by Gasteiger charge is 2.06. The predicted octanol–water partition coefficient (Wildman–Crippen LogP) is 3.85. The second kappa shape index (κ2) is 10.8. The Labute approximate surface area is 174 Å². The molecule has 0 aliphatic heterocycles. The molecular weight excluding hydrogens is 384 g/mol. The van der Waals surface area contributed by atoms with Crippen LogP contribution in [0.2, 0.25) is 0 Å². The van der Waals surface area contributed by atoms with Crippen LogP contribution in [-0.2, 0) is 22.7 Å². The van der Waals surface area contributed by atoms with Gasteiger partial charge in [-0.05, 0) is 48.4 Å². The van der Waals surface area contributed by atoms with Gasteiger partial charge in [0.05, 0.1) is 12.9 Å². The van der Waals surface area contributed by atoms with Crippen molar-refractivity contribution < 1.29 is 18.7 Å². The summed E-state index contributed by atoms with van der Waals surface area (Å²) >= 11 is 0. The number of hydrogen-bond acceptors (Lipinski definition) is 5. The van der Waals surface area contributed by atoms with Gasteiger partial charge in [-0.1, -0.05) is 18.2 Å². The Morgan fingerprint density at radius 1 is 1.07 bits per heavy atom. The molecule has 0 atom stereocenters. The summed E-state index contributed by atoms with van der Waals surface area (Å²) in [6.07, 6.45) is 3.42. The van der Waals surface area contributed by atoms with Crippen molar-refractivity contribution in [2.24, 2.45) is 0 Å². The lowest BCUT2D eigenvalue weighted by atomic mass is 10.2. The maximum Gasteiger partial charge on any atom is 0.319 e. The van der Waals surface area contributed by atoms with Crippen molar-refractivity contribution in [3.05, 3.63) is 77.9 Å². The molecule has 3 N–H and O–H groups in total. The van der Waals surface area contributed by atoms with Gasteiger partial charge in [0.2, 0.25) is 5.91 Å². The number of rotatable bonds is 9. The van der Waals surface area contributed by atoms with Gasteiger partial charge in [0.1, 0.15) is 18.2 Å². The standard InChI is InChI=1S/C22H24N4O4/c1-16-7-8-20(24-13-16)26-21(27)9-10-23-22(28)25-18-5-2-4-17(12-18)14-29-15-19-6-3-11-30-19/h2-8,11-13H,9-10,14-15H2,1H3,(H2,23,25,28)(H,24,26,27). The fourth-order valence-electron chi connectivity index (χ4n) is 2.61. The highest BCUT2D eigenvalue weighted by atomic mass is 16.5. The summed E-state index contributed by atoms with van der Waals surface area (Å²) in [5, 5.41) is 8.10. The minimum absolute atomic E-state index is 0.142. The molecule has 0 unspecified atom stereocenters. The largest absolute Gasteiger partial charge is 0.467 e. The van der Waals surface area contributed by atoms with Crippen LogP contribution in [0.5, 0.6) is 0 Å². The molecule has 0 saturated heterocycles. The summed E-state index contributed by atoms with van der Waals surface area (Å²) in [6.45, 7) is 2.90. The van der Waals surface area contributed by atoms with Crippen LogP contribution < -0.4 is 16.0 Å². The van der Waals surface area contributed by atoms with Crippen molar-refractivity contribution >= 4 is 23.4 Å². The molecule has 0 fully saturated rings. The molecule has 0 aliphatic rings. The Balaban J connectivity index is 1.36. The van der Waals surface area contributed by atoms with E-state index in [1.54, 1.807) is 24.6 Å². The number of benzene rings is 1. The van der Waals surface area contributed by atoms with Crippen LogP contribution in [0.25, 0.3) is 0 Å². The zero-order chi connectivity index (χ0) is 21.2. The van der Waals surface area contributed by atoms with Crippen LogP contribution in [0.15, 0.2) is 65.4 Å². The average molecular weight is 408 g/mol. The summed E-state index contributed by atoms with van der Waals surface area (Å²) in [5.41, 5.74) is 2.57. The number of pyridine rings is 1. The van der Waals surface area contributed by atoms with Crippen LogP contribution in [0.3, 0.4) is 0 Å². The molecule has 1 aromatic carbocycles. The molecule has 2 heterocycles. The van der Waals surface area contributed by atoms with Crippen LogP contribution >= 0.6 is 0 Å². The van der Waals surface area contributed by atoms with E-state index < -0.39 is 0 Å². The van der Waals surface area contributed by atoms with E-state index in [9.17, 15) is 9.59 Å². The first-order valence-electron chi connectivity index (χ1n) is 9.55. The number of nitrogens with one attached hydrogen (secondary N) is 3. The molecule has 3 amide bonds. The Morgan fingerprint density at radius 3 is 2.73 bits per heavy atom. The number of ether oxygens (including phenoxy) is 1. The molecule has 30 heavy (non-hydrogen) atoms. The summed E-state index contributed by atoms with van der Waals surface area (Å²) < 4.78 is 10.8. The summed E-state index contributed by atoms with van der Waals surface area (Å²) in [4.78, 5) is 28.1. The van der Waals surface area contributed by atoms with E-state index in [1.807, 2.05) is 43.3 Å². The van der Waals surface area contributed by atoms with Gasteiger partial charge < -0.3 is 25.1 Å². The number of amides is 3. The first-order chi connectivity index (χ1) is 14.6. The number of hydrogen-bond donors (Lipinski definition) is 3. The number of carbonyl (C=O) groups excluding carboxylic acids is 2. The fraction of sp³-hybridized carbons (Fsp3) is 0.227. The third kappa shape index (κ3) is 7.06. The number of carbonyl (C=O) groups is 2. The number of aromatic nitrogens is 1. The van der Waals surface area contributed by atoms with Gasteiger partial charge >= 0.3 is 6.03 Å². The highest BCUT2D eigenvalue weighted by molar-refractivity contribution is 5.91. The van der Waals surface area contributed by atoms with Gasteiger partial charge in [0.15, 0.2) is 0 Å². The molecule has 0 bridgehead atoms. The SMILES string of the molecule is Cc1ccc(NC(=O)CCNC(=O)Nc2cccc(COCc3ccco3)c2)nc1. The molecule has 2 aromatic heterocycles. The summed E-state index contributed by atoms with van der Waals surface area (Å²) in [5.74, 6) is 1.02. The smallest absolute Gasteiger partial charge is 0.319 e. The molecular formula is C22H24N4O4. The van der Waals surface area contributed by atoms with Crippen molar-refractivity contribution in [3.63, 3.8) is 0 Å². The predicted molar refractivity (Wildman–Crippen MR) is 113 cm³/mol. The highest BCUT2D eigenvalue weighted by Crippen LogP contribution is 2.13. The van der Waals surface area contributed by atoms with Gasteiger partial charge in [-0.2, -0.15) is 0 Å². The third-order valence-corrected chi connectivity index (χ3v) is 4.09. The molecule has 3 rings (SSSR count). The molecule has 0 aliphatic carbocycles. The zero-order valence-electron chi connectivity index (χ0n) is 16.7. The molecule has 156 valence electrons. The van der Waals surface area contributed by atoms with Crippen LogP contribution in [0.1, 0.15) is 23.3 Å². The van der Waals surface area contributed by atoms with E-state index >= 15 is 0 Å². The monoisotopic (exact) mass is 408 g/mol. The quantitative estimate of drug-likeness (QED) is 0.499. The van der Waals surface area contributed by atoms with Crippen molar-refractivity contribution in [2.75, 3.05) is 17.2 Å². The topological polar surface area (TPSA) is 105 Å². The maximum atomic E-state index is 12.1.